The number of hydrogen-bond donors (Lipinski definition) is 2. The van der Waals surface area contributed by atoms with Gasteiger partial charge < -0.3 is 15.2 Å². The summed E-state index contributed by atoms with van der Waals surface area (Å²) in [6, 6.07) is 8.30. The number of nitrogens with two attached hydrogens (primary N) is 1. The van der Waals surface area contributed by atoms with Crippen LogP contribution in [0, 0.1) is 0 Å². The van der Waals surface area contributed by atoms with Crippen molar-refractivity contribution in [2.24, 2.45) is 5.73 Å². The molecule has 104 valence electrons. The van der Waals surface area contributed by atoms with Crippen molar-refractivity contribution >= 4 is 0 Å². The number of rotatable bonds is 2. The molecule has 4 heteroatoms. The van der Waals surface area contributed by atoms with Crippen molar-refractivity contribution < 1.29 is 9.47 Å². The van der Waals surface area contributed by atoms with E-state index < -0.39 is 0 Å². The third-order valence-corrected chi connectivity index (χ3v) is 3.88. The highest BCUT2D eigenvalue weighted by atomic mass is 16.6. The summed E-state index contributed by atoms with van der Waals surface area (Å²) >= 11 is 0. The molecule has 2 heterocycles. The first-order valence-electron chi connectivity index (χ1n) is 7.21. The second kappa shape index (κ2) is 5.80. The number of benzene rings is 1. The predicted octanol–water partition coefficient (Wildman–Crippen LogP) is 2.03. The zero-order chi connectivity index (χ0) is 13.1. The van der Waals surface area contributed by atoms with Crippen LogP contribution in [0.5, 0.6) is 11.5 Å². The van der Waals surface area contributed by atoms with Crippen molar-refractivity contribution in [2.75, 3.05) is 6.61 Å². The molecule has 0 aliphatic carbocycles. The van der Waals surface area contributed by atoms with Crippen molar-refractivity contribution in [3.05, 3.63) is 24.3 Å². The Morgan fingerprint density at radius 2 is 1.95 bits per heavy atom. The molecule has 2 aliphatic rings. The molecule has 3 atom stereocenters. The number of nitrogens with one attached hydrogen (secondary N) is 1. The standard InChI is InChI=1S/C15H22N2O2/c16-15-8-4-1-5-11(17-15)9-12-10-18-13-6-2-3-7-14(13)19-12/h2-3,6-7,11-12,15,17H,1,4-5,8-10,16H2. The number of fused-ring (bicyclic) bond motifs is 1. The van der Waals surface area contributed by atoms with Crippen molar-refractivity contribution in [1.29, 1.82) is 0 Å². The largest absolute Gasteiger partial charge is 0.486 e. The first-order valence-corrected chi connectivity index (χ1v) is 7.21. The Labute approximate surface area is 114 Å². The number of hydrogen-bond acceptors (Lipinski definition) is 4. The zero-order valence-electron chi connectivity index (χ0n) is 11.2. The Balaban J connectivity index is 1.59. The highest BCUT2D eigenvalue weighted by Crippen LogP contribution is 2.32. The summed E-state index contributed by atoms with van der Waals surface area (Å²) in [6.07, 6.45) is 5.92. The Morgan fingerprint density at radius 1 is 1.16 bits per heavy atom. The highest BCUT2D eigenvalue weighted by Gasteiger charge is 2.25. The Kier molecular flexibility index (Phi) is 3.89. The summed E-state index contributed by atoms with van der Waals surface area (Å²) in [6.45, 7) is 0.629. The summed E-state index contributed by atoms with van der Waals surface area (Å²) in [4.78, 5) is 0. The second-order valence-electron chi connectivity index (χ2n) is 5.49. The highest BCUT2D eigenvalue weighted by molar-refractivity contribution is 5.40. The van der Waals surface area contributed by atoms with E-state index >= 15 is 0 Å². The van der Waals surface area contributed by atoms with E-state index in [-0.39, 0.29) is 12.3 Å². The van der Waals surface area contributed by atoms with Crippen LogP contribution in [0.4, 0.5) is 0 Å². The molecule has 1 aromatic carbocycles. The van der Waals surface area contributed by atoms with Gasteiger partial charge in [0.2, 0.25) is 0 Å². The summed E-state index contributed by atoms with van der Waals surface area (Å²) in [7, 11) is 0. The van der Waals surface area contributed by atoms with Crippen LogP contribution in [0.15, 0.2) is 24.3 Å². The molecule has 2 aliphatic heterocycles. The number of ether oxygens (including phenoxy) is 2. The van der Waals surface area contributed by atoms with Crippen LogP contribution in [0.3, 0.4) is 0 Å². The van der Waals surface area contributed by atoms with Gasteiger partial charge in [-0.05, 0) is 25.0 Å². The van der Waals surface area contributed by atoms with Gasteiger partial charge in [0.1, 0.15) is 12.7 Å². The van der Waals surface area contributed by atoms with Crippen LogP contribution >= 0.6 is 0 Å². The maximum absolute atomic E-state index is 6.02. The lowest BCUT2D eigenvalue weighted by molar-refractivity contribution is 0.0752. The molecule has 0 radical (unpaired) electrons. The molecule has 1 saturated heterocycles. The van der Waals surface area contributed by atoms with Gasteiger partial charge >= 0.3 is 0 Å². The molecule has 3 rings (SSSR count). The van der Waals surface area contributed by atoms with E-state index in [2.05, 4.69) is 5.32 Å². The van der Waals surface area contributed by atoms with Gasteiger partial charge in [-0.2, -0.15) is 0 Å². The summed E-state index contributed by atoms with van der Waals surface area (Å²) in [5.41, 5.74) is 6.02. The van der Waals surface area contributed by atoms with Gasteiger partial charge in [-0.25, -0.2) is 0 Å². The maximum atomic E-state index is 6.02. The van der Waals surface area contributed by atoms with Crippen LogP contribution in [-0.2, 0) is 0 Å². The Morgan fingerprint density at radius 3 is 2.84 bits per heavy atom. The van der Waals surface area contributed by atoms with Gasteiger partial charge in [-0.15, -0.1) is 0 Å². The minimum absolute atomic E-state index is 0.123. The molecule has 19 heavy (non-hydrogen) atoms. The topological polar surface area (TPSA) is 56.5 Å². The molecule has 1 aromatic rings. The van der Waals surface area contributed by atoms with E-state index in [0.717, 1.165) is 24.3 Å². The van der Waals surface area contributed by atoms with Gasteiger partial charge in [0.05, 0.1) is 6.17 Å². The van der Waals surface area contributed by atoms with Crippen LogP contribution in [0.2, 0.25) is 0 Å². The predicted molar refractivity (Wildman–Crippen MR) is 74.3 cm³/mol. The lowest BCUT2D eigenvalue weighted by atomic mass is 10.0. The third kappa shape index (κ3) is 3.19. The van der Waals surface area contributed by atoms with Crippen molar-refractivity contribution in [2.45, 2.75) is 50.4 Å². The fraction of sp³-hybridized carbons (Fsp3) is 0.600. The lowest BCUT2D eigenvalue weighted by Gasteiger charge is -2.30. The minimum atomic E-state index is 0.123. The van der Waals surface area contributed by atoms with E-state index in [1.165, 1.54) is 19.3 Å². The van der Waals surface area contributed by atoms with Crippen LogP contribution in [-0.4, -0.2) is 24.9 Å². The summed E-state index contributed by atoms with van der Waals surface area (Å²) in [5.74, 6) is 1.71. The van der Waals surface area contributed by atoms with E-state index in [1.807, 2.05) is 24.3 Å². The van der Waals surface area contributed by atoms with Crippen LogP contribution < -0.4 is 20.5 Å². The fourth-order valence-electron chi connectivity index (χ4n) is 2.91. The first-order chi connectivity index (χ1) is 9.31. The van der Waals surface area contributed by atoms with E-state index in [4.69, 9.17) is 15.2 Å². The van der Waals surface area contributed by atoms with Crippen molar-refractivity contribution in [3.63, 3.8) is 0 Å². The normalized spacial score (nSPS) is 30.7. The van der Waals surface area contributed by atoms with Gasteiger partial charge in [0.25, 0.3) is 0 Å². The van der Waals surface area contributed by atoms with Gasteiger partial charge in [0, 0.05) is 12.5 Å². The summed E-state index contributed by atoms with van der Waals surface area (Å²) < 4.78 is 11.8. The Hall–Kier alpha value is -1.26. The first kappa shape index (κ1) is 12.8. The molecular weight excluding hydrogens is 240 g/mol. The van der Waals surface area contributed by atoms with Crippen molar-refractivity contribution in [3.8, 4) is 11.5 Å². The molecule has 4 nitrogen and oxygen atoms in total. The van der Waals surface area contributed by atoms with Crippen LogP contribution in [0.1, 0.15) is 32.1 Å². The number of para-hydroxylation sites is 2. The molecule has 0 spiro atoms. The smallest absolute Gasteiger partial charge is 0.161 e. The average Bonchev–Trinajstić information content (AvgIpc) is 2.63. The van der Waals surface area contributed by atoms with Gasteiger partial charge in [0.15, 0.2) is 11.5 Å². The van der Waals surface area contributed by atoms with Crippen molar-refractivity contribution in [1.82, 2.24) is 5.32 Å². The molecule has 1 fully saturated rings. The lowest BCUT2D eigenvalue weighted by Crippen LogP contribution is -2.45. The third-order valence-electron chi connectivity index (χ3n) is 3.88. The second-order valence-corrected chi connectivity index (χ2v) is 5.49. The van der Waals surface area contributed by atoms with Crippen LogP contribution in [0.25, 0.3) is 0 Å². The van der Waals surface area contributed by atoms with E-state index in [0.29, 0.717) is 12.6 Å². The molecule has 3 N–H and O–H groups in total. The van der Waals surface area contributed by atoms with E-state index in [9.17, 15) is 0 Å². The molecular formula is C15H22N2O2. The average molecular weight is 262 g/mol. The molecule has 0 saturated carbocycles. The molecule has 0 bridgehead atoms. The molecule has 3 unspecified atom stereocenters. The monoisotopic (exact) mass is 262 g/mol. The fourth-order valence-corrected chi connectivity index (χ4v) is 2.91. The SMILES string of the molecule is NC1CCCCC(CC2COc3ccccc3O2)N1. The quantitative estimate of drug-likeness (QED) is 0.856. The molecule has 0 aromatic heterocycles. The Bertz CT molecular complexity index is 424. The zero-order valence-corrected chi connectivity index (χ0v) is 11.2. The molecule has 0 amide bonds. The van der Waals surface area contributed by atoms with Gasteiger partial charge in [-0.3, -0.25) is 5.32 Å². The maximum Gasteiger partial charge on any atom is 0.161 e. The summed E-state index contributed by atoms with van der Waals surface area (Å²) in [5, 5.41) is 3.49. The minimum Gasteiger partial charge on any atom is -0.486 e. The van der Waals surface area contributed by atoms with E-state index in [1.54, 1.807) is 0 Å². The van der Waals surface area contributed by atoms with Gasteiger partial charge in [-0.1, -0.05) is 25.0 Å².